The molecule has 2 fully saturated rings. The van der Waals surface area contributed by atoms with Gasteiger partial charge in [0.15, 0.2) is 0 Å². The molecule has 2 aliphatic rings. The van der Waals surface area contributed by atoms with Crippen molar-refractivity contribution < 1.29 is 17.9 Å². The van der Waals surface area contributed by atoms with Crippen LogP contribution in [-0.2, 0) is 19.6 Å². The number of sulfonamides is 1. The largest absolute Gasteiger partial charge is 0.366 e. The number of nitrogens with one attached hydrogen (secondary N) is 1. The van der Waals surface area contributed by atoms with Gasteiger partial charge in [-0.1, -0.05) is 11.6 Å². The van der Waals surface area contributed by atoms with E-state index in [-0.39, 0.29) is 36.3 Å². The molecule has 140 valence electrons. The molecule has 7 nitrogen and oxygen atoms in total. The summed E-state index contributed by atoms with van der Waals surface area (Å²) in [6, 6.07) is 6.11. The van der Waals surface area contributed by atoms with Crippen molar-refractivity contribution in [1.82, 2.24) is 14.5 Å². The molecule has 10 heteroatoms. The zero-order chi connectivity index (χ0) is 17.2. The molecule has 0 radical (unpaired) electrons. The number of benzene rings is 1. The van der Waals surface area contributed by atoms with Crippen LogP contribution in [0.3, 0.4) is 0 Å². The number of amides is 1. The number of ether oxygens (including phenoxy) is 1. The van der Waals surface area contributed by atoms with Crippen LogP contribution in [0.1, 0.15) is 0 Å². The Bertz CT molecular complexity index is 685. The molecule has 1 aromatic carbocycles. The Morgan fingerprint density at radius 2 is 1.80 bits per heavy atom. The topological polar surface area (TPSA) is 79.0 Å². The first kappa shape index (κ1) is 20.4. The molecule has 0 saturated carbocycles. The van der Waals surface area contributed by atoms with Gasteiger partial charge in [-0.2, -0.15) is 4.31 Å². The fraction of sp³-hybridized carbons (Fsp3) is 0.533. The fourth-order valence-corrected chi connectivity index (χ4v) is 4.38. The highest BCUT2D eigenvalue weighted by Crippen LogP contribution is 2.20. The average molecular weight is 410 g/mol. The molecular weight excluding hydrogens is 389 g/mol. The van der Waals surface area contributed by atoms with Gasteiger partial charge in [0, 0.05) is 44.3 Å². The Balaban J connectivity index is 0.00000225. The zero-order valence-electron chi connectivity index (χ0n) is 13.6. The molecule has 0 aliphatic carbocycles. The first-order chi connectivity index (χ1) is 11.5. The van der Waals surface area contributed by atoms with Crippen LogP contribution in [0.2, 0.25) is 5.02 Å². The summed E-state index contributed by atoms with van der Waals surface area (Å²) >= 11 is 5.81. The maximum atomic E-state index is 12.6. The molecular formula is C15H21Cl2N3O4S. The van der Waals surface area contributed by atoms with E-state index in [9.17, 15) is 13.2 Å². The Morgan fingerprint density at radius 3 is 2.36 bits per heavy atom. The van der Waals surface area contributed by atoms with Crippen LogP contribution < -0.4 is 5.32 Å². The number of halogens is 2. The van der Waals surface area contributed by atoms with E-state index in [1.165, 1.54) is 16.4 Å². The van der Waals surface area contributed by atoms with Crippen LogP contribution >= 0.6 is 24.0 Å². The zero-order valence-corrected chi connectivity index (χ0v) is 15.9. The van der Waals surface area contributed by atoms with E-state index in [4.69, 9.17) is 16.3 Å². The summed E-state index contributed by atoms with van der Waals surface area (Å²) in [5.74, 6) is -0.0780. The van der Waals surface area contributed by atoms with Crippen LogP contribution in [-0.4, -0.2) is 75.5 Å². The second kappa shape index (κ2) is 8.66. The lowest BCUT2D eigenvalue weighted by atomic mass is 10.2. The van der Waals surface area contributed by atoms with Gasteiger partial charge in [0.25, 0.3) is 5.91 Å². The maximum Gasteiger partial charge on any atom is 0.253 e. The highest BCUT2D eigenvalue weighted by molar-refractivity contribution is 7.89. The third kappa shape index (κ3) is 4.64. The van der Waals surface area contributed by atoms with E-state index >= 15 is 0 Å². The number of morpholine rings is 1. The summed E-state index contributed by atoms with van der Waals surface area (Å²) in [4.78, 5) is 14.3. The molecule has 0 bridgehead atoms. The van der Waals surface area contributed by atoms with Gasteiger partial charge in [-0.15, -0.1) is 12.4 Å². The minimum atomic E-state index is -3.56. The Morgan fingerprint density at radius 1 is 1.16 bits per heavy atom. The molecule has 0 aromatic heterocycles. The lowest BCUT2D eigenvalue weighted by molar-refractivity contribution is -0.146. The first-order valence-corrected chi connectivity index (χ1v) is 9.67. The molecule has 25 heavy (non-hydrogen) atoms. The third-order valence-corrected chi connectivity index (χ3v) is 6.37. The van der Waals surface area contributed by atoms with Crippen LogP contribution in [0.5, 0.6) is 0 Å². The van der Waals surface area contributed by atoms with Crippen molar-refractivity contribution in [3.63, 3.8) is 0 Å². The Hall–Kier alpha value is -0.900. The van der Waals surface area contributed by atoms with Crippen LogP contribution in [0.25, 0.3) is 0 Å². The van der Waals surface area contributed by atoms with Crippen LogP contribution in [0.4, 0.5) is 0 Å². The molecule has 1 amide bonds. The van der Waals surface area contributed by atoms with Gasteiger partial charge in [0.05, 0.1) is 11.5 Å². The number of piperazine rings is 1. The van der Waals surface area contributed by atoms with Crippen LogP contribution in [0, 0.1) is 0 Å². The van der Waals surface area contributed by atoms with Crippen molar-refractivity contribution in [2.75, 3.05) is 45.9 Å². The molecule has 2 aliphatic heterocycles. The van der Waals surface area contributed by atoms with Crippen molar-refractivity contribution in [3.8, 4) is 0 Å². The van der Waals surface area contributed by atoms with E-state index in [0.29, 0.717) is 31.3 Å². The van der Waals surface area contributed by atoms with E-state index in [0.717, 1.165) is 6.54 Å². The van der Waals surface area contributed by atoms with Gasteiger partial charge < -0.3 is 15.0 Å². The number of hydrogen-bond acceptors (Lipinski definition) is 5. The van der Waals surface area contributed by atoms with Gasteiger partial charge in [0.1, 0.15) is 6.10 Å². The molecule has 2 heterocycles. The van der Waals surface area contributed by atoms with Gasteiger partial charge in [-0.05, 0) is 24.3 Å². The molecule has 0 spiro atoms. The summed E-state index contributed by atoms with van der Waals surface area (Å²) < 4.78 is 32.1. The van der Waals surface area contributed by atoms with Crippen molar-refractivity contribution in [2.45, 2.75) is 11.0 Å². The number of nitrogens with zero attached hydrogens (tertiary/aromatic N) is 2. The normalized spacial score (nSPS) is 22.3. The summed E-state index contributed by atoms with van der Waals surface area (Å²) in [6.45, 7) is 3.05. The number of carbonyl (C=O) groups is 1. The van der Waals surface area contributed by atoms with Gasteiger partial charge in [-0.3, -0.25) is 4.79 Å². The Labute approximate surface area is 158 Å². The lowest BCUT2D eigenvalue weighted by Crippen LogP contribution is -2.55. The molecule has 1 unspecified atom stereocenters. The third-order valence-electron chi connectivity index (χ3n) is 4.20. The molecule has 1 aromatic rings. The number of rotatable bonds is 3. The molecule has 1 N–H and O–H groups in total. The van der Waals surface area contributed by atoms with Crippen molar-refractivity contribution >= 4 is 39.9 Å². The van der Waals surface area contributed by atoms with Gasteiger partial charge >= 0.3 is 0 Å². The van der Waals surface area contributed by atoms with E-state index in [1.54, 1.807) is 17.0 Å². The van der Waals surface area contributed by atoms with Crippen molar-refractivity contribution in [2.24, 2.45) is 0 Å². The van der Waals surface area contributed by atoms with E-state index in [2.05, 4.69) is 5.32 Å². The SMILES string of the molecule is Cl.O=C(C1CNCCO1)N1CCN(S(=O)(=O)c2ccc(Cl)cc2)CC1. The Kier molecular flexibility index (Phi) is 7.07. The molecule has 2 saturated heterocycles. The predicted octanol–water partition coefficient (Wildman–Crippen LogP) is 0.583. The minimum absolute atomic E-state index is 0. The predicted molar refractivity (Wildman–Crippen MR) is 96.6 cm³/mol. The lowest BCUT2D eigenvalue weighted by Gasteiger charge is -2.36. The quantitative estimate of drug-likeness (QED) is 0.789. The number of carbonyl (C=O) groups excluding carboxylic acids is 1. The summed E-state index contributed by atoms with van der Waals surface area (Å²) in [7, 11) is -3.56. The van der Waals surface area contributed by atoms with Crippen molar-refractivity contribution in [3.05, 3.63) is 29.3 Å². The number of hydrogen-bond donors (Lipinski definition) is 1. The smallest absolute Gasteiger partial charge is 0.253 e. The molecule has 1 atom stereocenters. The monoisotopic (exact) mass is 409 g/mol. The fourth-order valence-electron chi connectivity index (χ4n) is 2.83. The second-order valence-corrected chi connectivity index (χ2v) is 8.12. The summed E-state index contributed by atoms with van der Waals surface area (Å²) in [5.41, 5.74) is 0. The minimum Gasteiger partial charge on any atom is -0.366 e. The van der Waals surface area contributed by atoms with Gasteiger partial charge in [0.2, 0.25) is 10.0 Å². The van der Waals surface area contributed by atoms with Gasteiger partial charge in [-0.25, -0.2) is 8.42 Å². The second-order valence-electron chi connectivity index (χ2n) is 5.75. The van der Waals surface area contributed by atoms with Crippen molar-refractivity contribution in [1.29, 1.82) is 0 Å². The summed E-state index contributed by atoms with van der Waals surface area (Å²) in [6.07, 6.45) is -0.474. The highest BCUT2D eigenvalue weighted by Gasteiger charge is 2.33. The standard InChI is InChI=1S/C15H20ClN3O4S.ClH/c16-12-1-3-13(4-2-12)24(21,22)19-8-6-18(7-9-19)15(20)14-11-17-5-10-23-14;/h1-4,14,17H,5-11H2;1H. The summed E-state index contributed by atoms with van der Waals surface area (Å²) in [5, 5.41) is 3.62. The van der Waals surface area contributed by atoms with E-state index in [1.807, 2.05) is 0 Å². The van der Waals surface area contributed by atoms with E-state index < -0.39 is 16.1 Å². The molecule has 3 rings (SSSR count). The van der Waals surface area contributed by atoms with Crippen LogP contribution in [0.15, 0.2) is 29.2 Å². The highest BCUT2D eigenvalue weighted by atomic mass is 35.5. The average Bonchev–Trinajstić information content (AvgIpc) is 2.62. The first-order valence-electron chi connectivity index (χ1n) is 7.85. The maximum absolute atomic E-state index is 12.6.